The molecule has 1 aliphatic heterocycles. The molecule has 1 aromatic carbocycles. The summed E-state index contributed by atoms with van der Waals surface area (Å²) in [4.78, 5) is 9.06. The molecular weight excluding hydrogens is 248 g/mol. The van der Waals surface area contributed by atoms with Gasteiger partial charge in [-0.2, -0.15) is 0 Å². The van der Waals surface area contributed by atoms with Gasteiger partial charge in [0, 0.05) is 47.6 Å². The Balaban J connectivity index is 1.95. The van der Waals surface area contributed by atoms with Crippen LogP contribution in [0.15, 0.2) is 30.6 Å². The number of hydrogen-bond acceptors (Lipinski definition) is 4. The summed E-state index contributed by atoms with van der Waals surface area (Å²) >= 11 is 0. The number of nitrogens with two attached hydrogens (primary N) is 1. The number of anilines is 2. The second kappa shape index (κ2) is 5.29. The molecule has 0 saturated carbocycles. The van der Waals surface area contributed by atoms with Gasteiger partial charge in [-0.05, 0) is 51.2 Å². The van der Waals surface area contributed by atoms with Crippen molar-refractivity contribution in [2.75, 3.05) is 37.8 Å². The van der Waals surface area contributed by atoms with Crippen molar-refractivity contribution in [3.8, 4) is 0 Å². The number of rotatable bonds is 2. The highest BCUT2D eigenvalue weighted by Crippen LogP contribution is 2.32. The number of nitrogens with zero attached hydrogens (tertiary/aromatic N) is 3. The Kier molecular flexibility index (Phi) is 3.49. The van der Waals surface area contributed by atoms with Crippen molar-refractivity contribution >= 4 is 22.1 Å². The van der Waals surface area contributed by atoms with E-state index in [-0.39, 0.29) is 0 Å². The van der Waals surface area contributed by atoms with Gasteiger partial charge in [0.1, 0.15) is 0 Å². The third-order valence-electron chi connectivity index (χ3n) is 4.44. The van der Waals surface area contributed by atoms with Gasteiger partial charge in [-0.3, -0.25) is 4.98 Å². The maximum atomic E-state index is 6.07. The lowest BCUT2D eigenvalue weighted by atomic mass is 10.0. The van der Waals surface area contributed by atoms with Crippen molar-refractivity contribution in [1.82, 2.24) is 9.88 Å². The van der Waals surface area contributed by atoms with E-state index in [2.05, 4.69) is 34.9 Å². The lowest BCUT2D eigenvalue weighted by molar-refractivity contribution is 0.253. The quantitative estimate of drug-likeness (QED) is 0.851. The predicted molar refractivity (Wildman–Crippen MR) is 85.1 cm³/mol. The van der Waals surface area contributed by atoms with Crippen LogP contribution < -0.4 is 10.6 Å². The number of nitrogen functional groups attached to an aromatic ring is 1. The minimum Gasteiger partial charge on any atom is -0.398 e. The van der Waals surface area contributed by atoms with Crippen LogP contribution in [0.25, 0.3) is 10.8 Å². The van der Waals surface area contributed by atoms with Gasteiger partial charge >= 0.3 is 0 Å². The molecule has 1 aliphatic rings. The molecule has 2 N–H and O–H groups in total. The van der Waals surface area contributed by atoms with Crippen molar-refractivity contribution in [2.45, 2.75) is 18.9 Å². The zero-order valence-electron chi connectivity index (χ0n) is 12.2. The van der Waals surface area contributed by atoms with Crippen LogP contribution in [-0.4, -0.2) is 43.1 Å². The number of likely N-dealkylation sites (tertiary alicyclic amines) is 1. The number of benzene rings is 1. The molecular formula is C16H22N4. The second-order valence-corrected chi connectivity index (χ2v) is 5.74. The first-order chi connectivity index (χ1) is 9.66. The standard InChI is InChI=1S/C16H22N4/c1-19-9-6-12(7-10-19)20(2)16-4-3-15(17)13-5-8-18-11-14(13)16/h3-5,8,11-12H,6-7,9-10,17H2,1-2H3. The van der Waals surface area contributed by atoms with E-state index in [1.807, 2.05) is 18.3 Å². The predicted octanol–water partition coefficient (Wildman–Crippen LogP) is 2.35. The Labute approximate surface area is 120 Å². The number of aromatic nitrogens is 1. The topological polar surface area (TPSA) is 45.4 Å². The van der Waals surface area contributed by atoms with Gasteiger partial charge < -0.3 is 15.5 Å². The van der Waals surface area contributed by atoms with E-state index in [0.29, 0.717) is 6.04 Å². The lowest BCUT2D eigenvalue weighted by Crippen LogP contribution is -2.42. The van der Waals surface area contributed by atoms with Gasteiger partial charge in [-0.1, -0.05) is 0 Å². The molecule has 1 saturated heterocycles. The summed E-state index contributed by atoms with van der Waals surface area (Å²) in [7, 11) is 4.38. The highest BCUT2D eigenvalue weighted by atomic mass is 15.2. The monoisotopic (exact) mass is 270 g/mol. The average molecular weight is 270 g/mol. The maximum absolute atomic E-state index is 6.07. The largest absolute Gasteiger partial charge is 0.398 e. The van der Waals surface area contributed by atoms with E-state index >= 15 is 0 Å². The summed E-state index contributed by atoms with van der Waals surface area (Å²) in [6.45, 7) is 2.33. The van der Waals surface area contributed by atoms with E-state index in [1.165, 1.54) is 31.6 Å². The van der Waals surface area contributed by atoms with Crippen molar-refractivity contribution < 1.29 is 0 Å². The van der Waals surface area contributed by atoms with Gasteiger partial charge in [-0.25, -0.2) is 0 Å². The SMILES string of the molecule is CN1CCC(N(C)c2ccc(N)c3ccncc23)CC1. The van der Waals surface area contributed by atoms with Crippen LogP contribution in [0.2, 0.25) is 0 Å². The first-order valence-corrected chi connectivity index (χ1v) is 7.20. The van der Waals surface area contributed by atoms with Gasteiger partial charge in [-0.15, -0.1) is 0 Å². The summed E-state index contributed by atoms with van der Waals surface area (Å²) in [6.07, 6.45) is 6.14. The van der Waals surface area contributed by atoms with Crippen LogP contribution in [0.3, 0.4) is 0 Å². The Hall–Kier alpha value is -1.81. The molecule has 0 atom stereocenters. The van der Waals surface area contributed by atoms with Crippen molar-refractivity contribution in [1.29, 1.82) is 0 Å². The van der Waals surface area contributed by atoms with E-state index in [9.17, 15) is 0 Å². The fourth-order valence-electron chi connectivity index (χ4n) is 3.09. The molecule has 20 heavy (non-hydrogen) atoms. The zero-order valence-corrected chi connectivity index (χ0v) is 12.2. The number of piperidine rings is 1. The summed E-state index contributed by atoms with van der Waals surface area (Å²) < 4.78 is 0. The van der Waals surface area contributed by atoms with Crippen molar-refractivity contribution in [2.24, 2.45) is 0 Å². The van der Waals surface area contributed by atoms with E-state index in [0.717, 1.165) is 16.5 Å². The molecule has 0 unspecified atom stereocenters. The van der Waals surface area contributed by atoms with E-state index in [4.69, 9.17) is 5.73 Å². The van der Waals surface area contributed by atoms with Gasteiger partial charge in [0.2, 0.25) is 0 Å². The molecule has 0 bridgehead atoms. The summed E-state index contributed by atoms with van der Waals surface area (Å²) in [5, 5.41) is 2.24. The Bertz CT molecular complexity index is 602. The van der Waals surface area contributed by atoms with Crippen LogP contribution in [0.5, 0.6) is 0 Å². The first-order valence-electron chi connectivity index (χ1n) is 7.20. The minimum atomic E-state index is 0.596. The average Bonchev–Trinajstić information content (AvgIpc) is 2.48. The molecule has 106 valence electrons. The third kappa shape index (κ3) is 2.31. The molecule has 4 heteroatoms. The van der Waals surface area contributed by atoms with E-state index < -0.39 is 0 Å². The van der Waals surface area contributed by atoms with Gasteiger partial charge in [0.25, 0.3) is 0 Å². The molecule has 1 fully saturated rings. The van der Waals surface area contributed by atoms with Crippen LogP contribution in [0.1, 0.15) is 12.8 Å². The maximum Gasteiger partial charge on any atom is 0.0463 e. The lowest BCUT2D eigenvalue weighted by Gasteiger charge is -2.37. The highest BCUT2D eigenvalue weighted by Gasteiger charge is 2.22. The van der Waals surface area contributed by atoms with Crippen LogP contribution in [0, 0.1) is 0 Å². The number of hydrogen-bond donors (Lipinski definition) is 1. The summed E-state index contributed by atoms with van der Waals surface area (Å²) in [6, 6.07) is 6.72. The molecule has 4 nitrogen and oxygen atoms in total. The molecule has 0 radical (unpaired) electrons. The Morgan fingerprint density at radius 2 is 1.95 bits per heavy atom. The number of pyridine rings is 1. The molecule has 3 rings (SSSR count). The van der Waals surface area contributed by atoms with Crippen LogP contribution in [-0.2, 0) is 0 Å². The number of fused-ring (bicyclic) bond motifs is 1. The normalized spacial score (nSPS) is 17.5. The fraction of sp³-hybridized carbons (Fsp3) is 0.438. The van der Waals surface area contributed by atoms with Crippen LogP contribution in [0.4, 0.5) is 11.4 Å². The molecule has 0 aliphatic carbocycles. The summed E-state index contributed by atoms with van der Waals surface area (Å²) in [5.74, 6) is 0. The summed E-state index contributed by atoms with van der Waals surface area (Å²) in [5.41, 5.74) is 8.12. The molecule has 0 spiro atoms. The van der Waals surface area contributed by atoms with Crippen LogP contribution >= 0.6 is 0 Å². The second-order valence-electron chi connectivity index (χ2n) is 5.74. The Morgan fingerprint density at radius 3 is 2.70 bits per heavy atom. The zero-order chi connectivity index (χ0) is 14.1. The molecule has 2 heterocycles. The minimum absolute atomic E-state index is 0.596. The van der Waals surface area contributed by atoms with Gasteiger partial charge in [0.05, 0.1) is 0 Å². The first kappa shape index (κ1) is 13.2. The Morgan fingerprint density at radius 1 is 1.20 bits per heavy atom. The smallest absolute Gasteiger partial charge is 0.0463 e. The molecule has 2 aromatic rings. The van der Waals surface area contributed by atoms with Crippen molar-refractivity contribution in [3.63, 3.8) is 0 Å². The van der Waals surface area contributed by atoms with Gasteiger partial charge in [0.15, 0.2) is 0 Å². The van der Waals surface area contributed by atoms with E-state index in [1.54, 1.807) is 6.20 Å². The molecule has 0 amide bonds. The fourth-order valence-corrected chi connectivity index (χ4v) is 3.09. The third-order valence-corrected chi connectivity index (χ3v) is 4.44. The van der Waals surface area contributed by atoms with Crippen molar-refractivity contribution in [3.05, 3.63) is 30.6 Å². The molecule has 1 aromatic heterocycles. The highest BCUT2D eigenvalue weighted by molar-refractivity contribution is 6.00.